The van der Waals surface area contributed by atoms with Crippen molar-refractivity contribution in [2.75, 3.05) is 0 Å². The van der Waals surface area contributed by atoms with Crippen molar-refractivity contribution in [1.29, 1.82) is 0 Å². The SMILES string of the molecule is Cc1sc2nc(CC(=O)N/N=C3\CC[C@H]4CCCC[C@H]4C3)[nH]c(=O)c2c1C. The number of aromatic nitrogens is 2. The van der Waals surface area contributed by atoms with Gasteiger partial charge in [-0.2, -0.15) is 5.10 Å². The maximum atomic E-state index is 12.3. The molecule has 0 saturated heterocycles. The maximum Gasteiger partial charge on any atom is 0.259 e. The zero-order valence-electron chi connectivity index (χ0n) is 15.9. The summed E-state index contributed by atoms with van der Waals surface area (Å²) in [6, 6.07) is 0. The van der Waals surface area contributed by atoms with Crippen molar-refractivity contribution in [3.63, 3.8) is 0 Å². The average Bonchev–Trinajstić information content (AvgIpc) is 2.94. The fourth-order valence-electron chi connectivity index (χ4n) is 4.51. The number of carbonyl (C=O) groups is 1. The van der Waals surface area contributed by atoms with Crippen LogP contribution in [0.2, 0.25) is 0 Å². The van der Waals surface area contributed by atoms with E-state index in [0.29, 0.717) is 16.0 Å². The van der Waals surface area contributed by atoms with Crippen LogP contribution in [0.3, 0.4) is 0 Å². The number of hydrazone groups is 1. The molecule has 0 unspecified atom stereocenters. The van der Waals surface area contributed by atoms with Gasteiger partial charge in [0.15, 0.2) is 0 Å². The van der Waals surface area contributed by atoms with Crippen molar-refractivity contribution in [2.24, 2.45) is 16.9 Å². The number of H-pyrrole nitrogens is 1. The lowest BCUT2D eigenvalue weighted by Crippen LogP contribution is -2.30. The third-order valence-electron chi connectivity index (χ3n) is 6.12. The molecule has 2 aliphatic rings. The van der Waals surface area contributed by atoms with E-state index < -0.39 is 0 Å². The van der Waals surface area contributed by atoms with Gasteiger partial charge in [0, 0.05) is 10.6 Å². The zero-order valence-corrected chi connectivity index (χ0v) is 16.7. The second-order valence-corrected chi connectivity index (χ2v) is 9.12. The molecule has 0 bridgehead atoms. The van der Waals surface area contributed by atoms with E-state index in [0.717, 1.165) is 40.8 Å². The predicted molar refractivity (Wildman–Crippen MR) is 108 cm³/mol. The summed E-state index contributed by atoms with van der Waals surface area (Å²) in [5.74, 6) is 1.75. The fourth-order valence-corrected chi connectivity index (χ4v) is 5.56. The minimum absolute atomic E-state index is 0.0318. The molecular formula is C20H26N4O2S. The Labute approximate surface area is 162 Å². The molecule has 0 radical (unpaired) electrons. The number of rotatable bonds is 3. The number of aromatic amines is 1. The Balaban J connectivity index is 1.41. The molecule has 0 spiro atoms. The van der Waals surface area contributed by atoms with Gasteiger partial charge >= 0.3 is 0 Å². The van der Waals surface area contributed by atoms with Gasteiger partial charge in [-0.15, -0.1) is 11.3 Å². The Hall–Kier alpha value is -2.02. The van der Waals surface area contributed by atoms with Gasteiger partial charge in [-0.05, 0) is 56.9 Å². The van der Waals surface area contributed by atoms with E-state index in [-0.39, 0.29) is 17.9 Å². The third-order valence-corrected chi connectivity index (χ3v) is 7.22. The normalized spacial score (nSPS) is 24.1. The Bertz CT molecular complexity index is 959. The lowest BCUT2D eigenvalue weighted by Gasteiger charge is -2.35. The van der Waals surface area contributed by atoms with E-state index >= 15 is 0 Å². The molecule has 2 N–H and O–H groups in total. The lowest BCUT2D eigenvalue weighted by molar-refractivity contribution is -0.120. The largest absolute Gasteiger partial charge is 0.309 e. The molecule has 2 saturated carbocycles. The summed E-state index contributed by atoms with van der Waals surface area (Å²) in [6.45, 7) is 3.90. The standard InChI is InChI=1S/C20H26N4O2S/c1-11-12(2)27-20-18(11)19(26)21-16(22-20)10-17(25)24-23-15-8-7-13-5-3-4-6-14(13)9-15/h13-14H,3-10H2,1-2H3,(H,24,25)(H,21,22,26)/b23-15+/t13-,14+/m1/s1. The number of nitrogens with zero attached hydrogens (tertiary/aromatic N) is 2. The Morgan fingerprint density at radius 3 is 2.85 bits per heavy atom. The van der Waals surface area contributed by atoms with Gasteiger partial charge in [-0.25, -0.2) is 10.4 Å². The van der Waals surface area contributed by atoms with Crippen LogP contribution < -0.4 is 11.0 Å². The second-order valence-electron chi connectivity index (χ2n) is 7.91. The predicted octanol–water partition coefficient (Wildman–Crippen LogP) is 3.61. The second kappa shape index (κ2) is 7.54. The first-order valence-electron chi connectivity index (χ1n) is 9.84. The summed E-state index contributed by atoms with van der Waals surface area (Å²) < 4.78 is 0. The molecule has 4 rings (SSSR count). The molecule has 2 aliphatic carbocycles. The third kappa shape index (κ3) is 3.83. The minimum Gasteiger partial charge on any atom is -0.309 e. The summed E-state index contributed by atoms with van der Waals surface area (Å²) in [4.78, 5) is 33.6. The summed E-state index contributed by atoms with van der Waals surface area (Å²) in [7, 11) is 0. The molecule has 0 aromatic carbocycles. The quantitative estimate of drug-likeness (QED) is 0.790. The van der Waals surface area contributed by atoms with Crippen LogP contribution in [-0.2, 0) is 11.2 Å². The number of hydrogen-bond acceptors (Lipinski definition) is 5. The van der Waals surface area contributed by atoms with Gasteiger partial charge in [0.1, 0.15) is 10.7 Å². The molecule has 2 atom stereocenters. The Morgan fingerprint density at radius 1 is 1.26 bits per heavy atom. The molecule has 7 heteroatoms. The van der Waals surface area contributed by atoms with E-state index in [2.05, 4.69) is 20.5 Å². The zero-order chi connectivity index (χ0) is 19.0. The lowest BCUT2D eigenvalue weighted by atomic mass is 9.70. The number of thiophene rings is 1. The topological polar surface area (TPSA) is 87.2 Å². The fraction of sp³-hybridized carbons (Fsp3) is 0.600. The van der Waals surface area contributed by atoms with Gasteiger partial charge in [0.25, 0.3) is 5.56 Å². The Kier molecular flexibility index (Phi) is 5.12. The van der Waals surface area contributed by atoms with Crippen LogP contribution >= 0.6 is 11.3 Å². The number of carbonyl (C=O) groups excluding carboxylic acids is 1. The van der Waals surface area contributed by atoms with Gasteiger partial charge in [-0.3, -0.25) is 9.59 Å². The number of aryl methyl sites for hydroxylation is 2. The molecule has 2 heterocycles. The van der Waals surface area contributed by atoms with E-state index in [1.807, 2.05) is 13.8 Å². The molecule has 0 aliphatic heterocycles. The van der Waals surface area contributed by atoms with Gasteiger partial charge in [0.05, 0.1) is 11.8 Å². The summed E-state index contributed by atoms with van der Waals surface area (Å²) in [5, 5.41) is 5.00. The Morgan fingerprint density at radius 2 is 2.04 bits per heavy atom. The van der Waals surface area contributed by atoms with Crippen LogP contribution in [0.15, 0.2) is 9.90 Å². The van der Waals surface area contributed by atoms with Crippen LogP contribution in [0, 0.1) is 25.7 Å². The van der Waals surface area contributed by atoms with Crippen molar-refractivity contribution >= 4 is 33.2 Å². The molecule has 1 amide bonds. The van der Waals surface area contributed by atoms with E-state index in [4.69, 9.17) is 0 Å². The van der Waals surface area contributed by atoms with Crippen LogP contribution in [0.1, 0.15) is 61.2 Å². The number of hydrogen-bond donors (Lipinski definition) is 2. The van der Waals surface area contributed by atoms with Crippen molar-refractivity contribution in [1.82, 2.24) is 15.4 Å². The smallest absolute Gasteiger partial charge is 0.259 e. The molecular weight excluding hydrogens is 360 g/mol. The highest BCUT2D eigenvalue weighted by Crippen LogP contribution is 2.39. The average molecular weight is 387 g/mol. The van der Waals surface area contributed by atoms with Crippen LogP contribution in [-0.4, -0.2) is 21.6 Å². The summed E-state index contributed by atoms with van der Waals surface area (Å²) in [5.41, 5.74) is 4.56. The van der Waals surface area contributed by atoms with E-state index in [9.17, 15) is 9.59 Å². The van der Waals surface area contributed by atoms with Gasteiger partial charge in [-0.1, -0.05) is 19.3 Å². The van der Waals surface area contributed by atoms with Crippen molar-refractivity contribution in [3.05, 3.63) is 26.6 Å². The van der Waals surface area contributed by atoms with Crippen molar-refractivity contribution < 1.29 is 4.79 Å². The number of amides is 1. The molecule has 6 nitrogen and oxygen atoms in total. The first-order chi connectivity index (χ1) is 13.0. The first kappa shape index (κ1) is 18.3. The highest BCUT2D eigenvalue weighted by Gasteiger charge is 2.30. The van der Waals surface area contributed by atoms with Crippen LogP contribution in [0.4, 0.5) is 0 Å². The number of fused-ring (bicyclic) bond motifs is 2. The minimum atomic E-state index is -0.235. The number of nitrogens with one attached hydrogen (secondary N) is 2. The first-order valence-corrected chi connectivity index (χ1v) is 10.7. The highest BCUT2D eigenvalue weighted by atomic mass is 32.1. The molecule has 2 aromatic rings. The highest BCUT2D eigenvalue weighted by molar-refractivity contribution is 7.18. The molecule has 144 valence electrons. The van der Waals surface area contributed by atoms with E-state index in [1.54, 1.807) is 0 Å². The molecule has 27 heavy (non-hydrogen) atoms. The van der Waals surface area contributed by atoms with Crippen molar-refractivity contribution in [3.8, 4) is 0 Å². The van der Waals surface area contributed by atoms with Crippen LogP contribution in [0.25, 0.3) is 10.2 Å². The van der Waals surface area contributed by atoms with Gasteiger partial charge in [0.2, 0.25) is 5.91 Å². The van der Waals surface area contributed by atoms with Gasteiger partial charge < -0.3 is 4.98 Å². The molecule has 2 aromatic heterocycles. The molecule has 2 fully saturated rings. The maximum absolute atomic E-state index is 12.3. The monoisotopic (exact) mass is 386 g/mol. The van der Waals surface area contributed by atoms with Crippen LogP contribution in [0.5, 0.6) is 0 Å². The summed E-state index contributed by atoms with van der Waals surface area (Å²) >= 11 is 1.49. The van der Waals surface area contributed by atoms with Crippen molar-refractivity contribution in [2.45, 2.75) is 65.2 Å². The van der Waals surface area contributed by atoms with E-state index in [1.165, 1.54) is 43.4 Å². The summed E-state index contributed by atoms with van der Waals surface area (Å²) in [6.07, 6.45) is 8.56.